The van der Waals surface area contributed by atoms with Gasteiger partial charge in [0.05, 0.1) is 5.69 Å². The third kappa shape index (κ3) is 3.60. The topological polar surface area (TPSA) is 81.7 Å². The fourth-order valence-corrected chi connectivity index (χ4v) is 4.83. The summed E-state index contributed by atoms with van der Waals surface area (Å²) in [6, 6.07) is 14.1. The third-order valence-corrected chi connectivity index (χ3v) is 6.48. The van der Waals surface area contributed by atoms with E-state index in [-0.39, 0.29) is 10.8 Å². The van der Waals surface area contributed by atoms with Crippen molar-refractivity contribution in [2.45, 2.75) is 11.1 Å². The third-order valence-electron chi connectivity index (χ3n) is 4.76. The zero-order valence-electron chi connectivity index (χ0n) is 14.4. The molecule has 2 aliphatic heterocycles. The van der Waals surface area contributed by atoms with Crippen molar-refractivity contribution in [2.24, 2.45) is 0 Å². The summed E-state index contributed by atoms with van der Waals surface area (Å²) in [5.41, 5.74) is 1.45. The predicted molar refractivity (Wildman–Crippen MR) is 104 cm³/mol. The zero-order chi connectivity index (χ0) is 19.0. The van der Waals surface area contributed by atoms with Gasteiger partial charge < -0.3 is 15.1 Å². The Morgan fingerprint density at radius 3 is 2.52 bits per heavy atom. The number of sulfonamides is 1. The number of rotatable bonds is 2. The minimum absolute atomic E-state index is 0.153. The summed E-state index contributed by atoms with van der Waals surface area (Å²) in [6.07, 6.45) is -0.998. The molecule has 27 heavy (non-hydrogen) atoms. The maximum atomic E-state index is 12.8. The molecule has 0 aliphatic carbocycles. The van der Waals surface area contributed by atoms with Gasteiger partial charge in [-0.15, -0.1) is 0 Å². The van der Waals surface area contributed by atoms with Gasteiger partial charge in [0.25, 0.3) is 5.91 Å². The van der Waals surface area contributed by atoms with Crippen LogP contribution in [-0.2, 0) is 14.8 Å². The van der Waals surface area contributed by atoms with Gasteiger partial charge in [0, 0.05) is 36.9 Å². The molecule has 2 N–H and O–H groups in total. The number of fused-ring (bicyclic) bond motifs is 1. The van der Waals surface area contributed by atoms with Crippen molar-refractivity contribution in [3.63, 3.8) is 0 Å². The number of nitrogens with one attached hydrogen (secondary N) is 2. The molecule has 142 valence electrons. The monoisotopic (exact) mass is 406 g/mol. The highest BCUT2D eigenvalue weighted by Crippen LogP contribution is 2.26. The molecule has 2 aliphatic rings. The van der Waals surface area contributed by atoms with Gasteiger partial charge in [0.15, 0.2) is 6.17 Å². The van der Waals surface area contributed by atoms with Crippen molar-refractivity contribution in [3.05, 3.63) is 53.6 Å². The first-order chi connectivity index (χ1) is 12.9. The van der Waals surface area contributed by atoms with Crippen LogP contribution in [0.3, 0.4) is 0 Å². The SMILES string of the molecule is O=C(C1Nc2ccccc2S(=O)(=O)N1)N1CCN(c2cccc(Cl)c2)CC1. The second-order valence-corrected chi connectivity index (χ2v) is 8.61. The molecule has 1 saturated heterocycles. The smallest absolute Gasteiger partial charge is 0.261 e. The number of halogens is 1. The number of piperazine rings is 1. The number of carbonyl (C=O) groups is 1. The molecule has 1 amide bonds. The highest BCUT2D eigenvalue weighted by Gasteiger charge is 2.36. The minimum atomic E-state index is -3.72. The standard InChI is InChI=1S/C18H19ClN4O3S/c19-13-4-3-5-14(12-13)22-8-10-23(11-9-22)18(24)17-20-15-6-1-2-7-16(15)27(25,26)21-17/h1-7,12,17,20-21H,8-11H2. The van der Waals surface area contributed by atoms with Crippen LogP contribution in [0.1, 0.15) is 0 Å². The van der Waals surface area contributed by atoms with Crippen LogP contribution in [-0.4, -0.2) is 51.6 Å². The second-order valence-electron chi connectivity index (χ2n) is 6.49. The molecule has 2 heterocycles. The van der Waals surface area contributed by atoms with Gasteiger partial charge in [0.2, 0.25) is 10.0 Å². The number of nitrogens with zero attached hydrogens (tertiary/aromatic N) is 2. The van der Waals surface area contributed by atoms with E-state index < -0.39 is 16.2 Å². The van der Waals surface area contributed by atoms with Crippen molar-refractivity contribution in [1.29, 1.82) is 0 Å². The highest BCUT2D eigenvalue weighted by atomic mass is 35.5. The van der Waals surface area contributed by atoms with Gasteiger partial charge in [-0.2, -0.15) is 4.72 Å². The number of amides is 1. The van der Waals surface area contributed by atoms with Crippen molar-refractivity contribution in [1.82, 2.24) is 9.62 Å². The lowest BCUT2D eigenvalue weighted by Crippen LogP contribution is -2.58. The summed E-state index contributed by atoms with van der Waals surface area (Å²) in [5, 5.41) is 3.66. The van der Waals surface area contributed by atoms with Gasteiger partial charge >= 0.3 is 0 Å². The summed E-state index contributed by atoms with van der Waals surface area (Å²) < 4.78 is 27.2. The van der Waals surface area contributed by atoms with Gasteiger partial charge in [-0.3, -0.25) is 4.79 Å². The zero-order valence-corrected chi connectivity index (χ0v) is 16.0. The summed E-state index contributed by atoms with van der Waals surface area (Å²) in [5.74, 6) is -0.279. The van der Waals surface area contributed by atoms with Crippen LogP contribution in [0.25, 0.3) is 0 Å². The van der Waals surface area contributed by atoms with Crippen LogP contribution in [0.5, 0.6) is 0 Å². The molecule has 1 fully saturated rings. The summed E-state index contributed by atoms with van der Waals surface area (Å²) in [6.45, 7) is 2.32. The molecular weight excluding hydrogens is 388 g/mol. The number of hydrogen-bond acceptors (Lipinski definition) is 5. The Balaban J connectivity index is 1.44. The van der Waals surface area contributed by atoms with Crippen LogP contribution in [0, 0.1) is 0 Å². The molecular formula is C18H19ClN4O3S. The molecule has 0 saturated carbocycles. The number of para-hydroxylation sites is 1. The Hall–Kier alpha value is -2.29. The first-order valence-corrected chi connectivity index (χ1v) is 10.5. The Labute approximate surface area is 163 Å². The highest BCUT2D eigenvalue weighted by molar-refractivity contribution is 7.89. The van der Waals surface area contributed by atoms with Crippen LogP contribution < -0.4 is 14.9 Å². The van der Waals surface area contributed by atoms with E-state index in [2.05, 4.69) is 14.9 Å². The van der Waals surface area contributed by atoms with Gasteiger partial charge in [-0.1, -0.05) is 29.8 Å². The fraction of sp³-hybridized carbons (Fsp3) is 0.278. The Kier molecular flexibility index (Phi) is 4.71. The van der Waals surface area contributed by atoms with Gasteiger partial charge in [-0.25, -0.2) is 8.42 Å². The molecule has 4 rings (SSSR count). The summed E-state index contributed by atoms with van der Waals surface area (Å²) in [7, 11) is -3.72. The van der Waals surface area contributed by atoms with Crippen molar-refractivity contribution >= 4 is 38.9 Å². The van der Waals surface area contributed by atoms with Crippen LogP contribution in [0.15, 0.2) is 53.4 Å². The Morgan fingerprint density at radius 1 is 1.04 bits per heavy atom. The molecule has 2 aromatic rings. The first kappa shape index (κ1) is 18.1. The quantitative estimate of drug-likeness (QED) is 0.793. The molecule has 2 aromatic carbocycles. The predicted octanol–water partition coefficient (Wildman–Crippen LogP) is 1.72. The van der Waals surface area contributed by atoms with E-state index in [1.54, 1.807) is 23.1 Å². The molecule has 0 bridgehead atoms. The fourth-order valence-electron chi connectivity index (χ4n) is 3.38. The van der Waals surface area contributed by atoms with Gasteiger partial charge in [0.1, 0.15) is 4.90 Å². The molecule has 7 nitrogen and oxygen atoms in total. The lowest BCUT2D eigenvalue weighted by Gasteiger charge is -2.38. The molecule has 1 unspecified atom stereocenters. The maximum absolute atomic E-state index is 12.8. The second kappa shape index (κ2) is 7.03. The lowest BCUT2D eigenvalue weighted by molar-refractivity contribution is -0.132. The molecule has 0 aromatic heterocycles. The maximum Gasteiger partial charge on any atom is 0.261 e. The molecule has 0 radical (unpaired) electrons. The number of hydrogen-bond donors (Lipinski definition) is 2. The van der Waals surface area contributed by atoms with Crippen LogP contribution in [0.2, 0.25) is 5.02 Å². The average Bonchev–Trinajstić information content (AvgIpc) is 2.67. The molecule has 0 spiro atoms. The van der Waals surface area contributed by atoms with E-state index in [0.717, 1.165) is 5.69 Å². The van der Waals surface area contributed by atoms with E-state index >= 15 is 0 Å². The number of anilines is 2. The first-order valence-electron chi connectivity index (χ1n) is 8.61. The van der Waals surface area contributed by atoms with E-state index in [4.69, 9.17) is 11.6 Å². The summed E-state index contributed by atoms with van der Waals surface area (Å²) >= 11 is 6.05. The van der Waals surface area contributed by atoms with E-state index in [1.165, 1.54) is 6.07 Å². The number of benzene rings is 2. The number of carbonyl (C=O) groups excluding carboxylic acids is 1. The molecule has 1 atom stereocenters. The normalized spacial score (nSPS) is 21.3. The summed E-state index contributed by atoms with van der Waals surface area (Å²) in [4.78, 5) is 16.8. The lowest BCUT2D eigenvalue weighted by atomic mass is 10.2. The average molecular weight is 407 g/mol. The largest absolute Gasteiger partial charge is 0.368 e. The van der Waals surface area contributed by atoms with E-state index in [9.17, 15) is 13.2 Å². The van der Waals surface area contributed by atoms with E-state index in [0.29, 0.717) is 36.9 Å². The van der Waals surface area contributed by atoms with E-state index in [1.807, 2.05) is 24.3 Å². The Morgan fingerprint density at radius 2 is 1.78 bits per heavy atom. The molecule has 9 heteroatoms. The van der Waals surface area contributed by atoms with Crippen molar-refractivity contribution < 1.29 is 13.2 Å². The van der Waals surface area contributed by atoms with Gasteiger partial charge in [-0.05, 0) is 30.3 Å². The van der Waals surface area contributed by atoms with Crippen LogP contribution >= 0.6 is 11.6 Å². The minimum Gasteiger partial charge on any atom is -0.368 e. The van der Waals surface area contributed by atoms with Crippen LogP contribution in [0.4, 0.5) is 11.4 Å². The Bertz CT molecular complexity index is 974. The van der Waals surface area contributed by atoms with Crippen molar-refractivity contribution in [2.75, 3.05) is 36.4 Å². The van der Waals surface area contributed by atoms with Crippen molar-refractivity contribution in [3.8, 4) is 0 Å².